The Morgan fingerprint density at radius 2 is 2.37 bits per heavy atom. The highest BCUT2D eigenvalue weighted by atomic mass is 19.1. The maximum Gasteiger partial charge on any atom is 0.131 e. The first-order valence-corrected chi connectivity index (χ1v) is 6.42. The third kappa shape index (κ3) is 3.23. The number of rotatable bonds is 5. The van der Waals surface area contributed by atoms with Gasteiger partial charge >= 0.3 is 0 Å². The lowest BCUT2D eigenvalue weighted by molar-refractivity contribution is 0.0250. The fraction of sp³-hybridized carbons (Fsp3) is 0.571. The van der Waals surface area contributed by atoms with Crippen molar-refractivity contribution in [2.24, 2.45) is 0 Å². The molecule has 106 valence electrons. The number of benzene rings is 1. The zero-order valence-electron chi connectivity index (χ0n) is 11.3. The van der Waals surface area contributed by atoms with Crippen molar-refractivity contribution in [2.75, 3.05) is 26.9 Å². The summed E-state index contributed by atoms with van der Waals surface area (Å²) in [7, 11) is 1.52. The van der Waals surface area contributed by atoms with Crippen LogP contribution < -0.4 is 10.1 Å². The SMILES string of the molecule is COc1cccc(F)c1C(C)NCC1(O)CCOC1. The highest BCUT2D eigenvalue weighted by molar-refractivity contribution is 5.36. The Morgan fingerprint density at radius 1 is 1.58 bits per heavy atom. The van der Waals surface area contributed by atoms with Gasteiger partial charge in [-0.2, -0.15) is 0 Å². The largest absolute Gasteiger partial charge is 0.496 e. The molecule has 0 aromatic heterocycles. The molecule has 4 nitrogen and oxygen atoms in total. The molecule has 1 heterocycles. The van der Waals surface area contributed by atoms with Crippen LogP contribution in [0.3, 0.4) is 0 Å². The number of halogens is 1. The van der Waals surface area contributed by atoms with E-state index in [-0.39, 0.29) is 11.9 Å². The minimum atomic E-state index is -0.854. The Hall–Kier alpha value is -1.17. The summed E-state index contributed by atoms with van der Waals surface area (Å²) < 4.78 is 24.2. The molecule has 2 unspecified atom stereocenters. The molecular weight excluding hydrogens is 249 g/mol. The molecule has 0 bridgehead atoms. The summed E-state index contributed by atoms with van der Waals surface area (Å²) in [6, 6.07) is 4.50. The summed E-state index contributed by atoms with van der Waals surface area (Å²) in [5.74, 6) is 0.198. The van der Waals surface area contributed by atoms with Gasteiger partial charge in [-0.25, -0.2) is 4.39 Å². The molecule has 0 radical (unpaired) electrons. The summed E-state index contributed by atoms with van der Waals surface area (Å²) in [6.45, 7) is 3.10. The predicted octanol–water partition coefficient (Wildman–Crippen LogP) is 1.64. The Labute approximate surface area is 112 Å². The number of nitrogens with one attached hydrogen (secondary N) is 1. The van der Waals surface area contributed by atoms with Crippen molar-refractivity contribution in [2.45, 2.75) is 25.0 Å². The van der Waals surface area contributed by atoms with E-state index in [1.54, 1.807) is 12.1 Å². The Balaban J connectivity index is 2.05. The Bertz CT molecular complexity index is 433. The summed E-state index contributed by atoms with van der Waals surface area (Å²) in [5.41, 5.74) is -0.375. The van der Waals surface area contributed by atoms with Crippen LogP contribution in [-0.4, -0.2) is 37.6 Å². The fourth-order valence-corrected chi connectivity index (χ4v) is 2.30. The molecule has 0 amide bonds. The van der Waals surface area contributed by atoms with Crippen LogP contribution in [0.15, 0.2) is 18.2 Å². The summed E-state index contributed by atoms with van der Waals surface area (Å²) in [5, 5.41) is 13.3. The number of hydrogen-bond donors (Lipinski definition) is 2. The van der Waals surface area contributed by atoms with Crippen LogP contribution in [0.5, 0.6) is 5.75 Å². The standard InChI is InChI=1S/C14H20FNO3/c1-10(16-8-14(17)6-7-19-9-14)13-11(15)4-3-5-12(13)18-2/h3-5,10,16-17H,6-9H2,1-2H3. The van der Waals surface area contributed by atoms with Gasteiger partial charge in [-0.1, -0.05) is 6.07 Å². The molecule has 2 rings (SSSR count). The van der Waals surface area contributed by atoms with Crippen LogP contribution in [0.2, 0.25) is 0 Å². The molecule has 1 aromatic carbocycles. The van der Waals surface area contributed by atoms with E-state index in [2.05, 4.69) is 5.32 Å². The van der Waals surface area contributed by atoms with Gasteiger partial charge in [0.1, 0.15) is 17.2 Å². The molecule has 2 N–H and O–H groups in total. The molecule has 0 spiro atoms. The number of hydrogen-bond acceptors (Lipinski definition) is 4. The molecule has 1 saturated heterocycles. The van der Waals surface area contributed by atoms with Gasteiger partial charge < -0.3 is 19.9 Å². The van der Waals surface area contributed by atoms with Crippen LogP contribution in [0.25, 0.3) is 0 Å². The van der Waals surface area contributed by atoms with Crippen LogP contribution in [-0.2, 0) is 4.74 Å². The van der Waals surface area contributed by atoms with Crippen molar-refractivity contribution in [1.29, 1.82) is 0 Å². The number of methoxy groups -OCH3 is 1. The molecule has 0 saturated carbocycles. The van der Waals surface area contributed by atoms with Gasteiger partial charge in [0.15, 0.2) is 0 Å². The van der Waals surface area contributed by atoms with Crippen LogP contribution >= 0.6 is 0 Å². The zero-order valence-corrected chi connectivity index (χ0v) is 11.3. The lowest BCUT2D eigenvalue weighted by Gasteiger charge is -2.25. The topological polar surface area (TPSA) is 50.7 Å². The fourth-order valence-electron chi connectivity index (χ4n) is 2.30. The second-order valence-corrected chi connectivity index (χ2v) is 4.99. The van der Waals surface area contributed by atoms with Crippen LogP contribution in [0, 0.1) is 5.82 Å². The molecule has 1 aromatic rings. The van der Waals surface area contributed by atoms with E-state index in [9.17, 15) is 9.50 Å². The summed E-state index contributed by atoms with van der Waals surface area (Å²) >= 11 is 0. The average molecular weight is 269 g/mol. The molecule has 1 fully saturated rings. The third-order valence-electron chi connectivity index (χ3n) is 3.49. The van der Waals surface area contributed by atoms with Crippen LogP contribution in [0.1, 0.15) is 24.9 Å². The van der Waals surface area contributed by atoms with Gasteiger partial charge in [0.2, 0.25) is 0 Å². The van der Waals surface area contributed by atoms with E-state index >= 15 is 0 Å². The molecule has 1 aliphatic rings. The first-order valence-electron chi connectivity index (χ1n) is 6.42. The molecule has 2 atom stereocenters. The number of aliphatic hydroxyl groups is 1. The minimum absolute atomic E-state index is 0.249. The number of ether oxygens (including phenoxy) is 2. The summed E-state index contributed by atoms with van der Waals surface area (Å²) in [4.78, 5) is 0. The van der Waals surface area contributed by atoms with E-state index in [1.165, 1.54) is 13.2 Å². The second kappa shape index (κ2) is 5.86. The van der Waals surface area contributed by atoms with Crippen molar-refractivity contribution in [3.63, 3.8) is 0 Å². The van der Waals surface area contributed by atoms with Gasteiger partial charge in [-0.3, -0.25) is 0 Å². The second-order valence-electron chi connectivity index (χ2n) is 4.99. The molecular formula is C14H20FNO3. The van der Waals surface area contributed by atoms with E-state index in [4.69, 9.17) is 9.47 Å². The molecule has 0 aliphatic carbocycles. The van der Waals surface area contributed by atoms with Gasteiger partial charge in [0, 0.05) is 31.2 Å². The maximum absolute atomic E-state index is 13.9. The highest BCUT2D eigenvalue weighted by Gasteiger charge is 2.32. The van der Waals surface area contributed by atoms with E-state index in [1.807, 2.05) is 6.92 Å². The molecule has 19 heavy (non-hydrogen) atoms. The first-order chi connectivity index (χ1) is 9.06. The summed E-state index contributed by atoms with van der Waals surface area (Å²) in [6.07, 6.45) is 0.598. The highest BCUT2D eigenvalue weighted by Crippen LogP contribution is 2.28. The van der Waals surface area contributed by atoms with Gasteiger partial charge in [0.25, 0.3) is 0 Å². The van der Waals surface area contributed by atoms with E-state index in [0.29, 0.717) is 37.5 Å². The monoisotopic (exact) mass is 269 g/mol. The zero-order chi connectivity index (χ0) is 13.9. The van der Waals surface area contributed by atoms with Crippen molar-refractivity contribution in [3.8, 4) is 5.75 Å². The smallest absolute Gasteiger partial charge is 0.131 e. The predicted molar refractivity (Wildman–Crippen MR) is 69.8 cm³/mol. The van der Waals surface area contributed by atoms with Crippen molar-refractivity contribution < 1.29 is 19.0 Å². The van der Waals surface area contributed by atoms with Crippen molar-refractivity contribution >= 4 is 0 Å². The lowest BCUT2D eigenvalue weighted by Crippen LogP contribution is -2.42. The Kier molecular flexibility index (Phi) is 4.39. The normalized spacial score (nSPS) is 24.4. The molecule has 5 heteroatoms. The lowest BCUT2D eigenvalue weighted by atomic mass is 10.0. The van der Waals surface area contributed by atoms with Crippen molar-refractivity contribution in [3.05, 3.63) is 29.6 Å². The van der Waals surface area contributed by atoms with Gasteiger partial charge in [-0.05, 0) is 19.1 Å². The molecule has 1 aliphatic heterocycles. The van der Waals surface area contributed by atoms with Gasteiger partial charge in [-0.15, -0.1) is 0 Å². The van der Waals surface area contributed by atoms with Crippen molar-refractivity contribution in [1.82, 2.24) is 5.32 Å². The van der Waals surface area contributed by atoms with Gasteiger partial charge in [0.05, 0.1) is 13.7 Å². The third-order valence-corrected chi connectivity index (χ3v) is 3.49. The quantitative estimate of drug-likeness (QED) is 0.853. The van der Waals surface area contributed by atoms with E-state index < -0.39 is 5.60 Å². The maximum atomic E-state index is 13.9. The minimum Gasteiger partial charge on any atom is -0.496 e. The first kappa shape index (κ1) is 14.2. The van der Waals surface area contributed by atoms with Crippen LogP contribution in [0.4, 0.5) is 4.39 Å². The average Bonchev–Trinajstić information content (AvgIpc) is 2.83. The van der Waals surface area contributed by atoms with E-state index in [0.717, 1.165) is 0 Å². The Morgan fingerprint density at radius 3 is 3.00 bits per heavy atom.